The van der Waals surface area contributed by atoms with Crippen molar-refractivity contribution in [2.24, 2.45) is 5.41 Å². The van der Waals surface area contributed by atoms with Gasteiger partial charge in [0.2, 0.25) is 0 Å². The fraction of sp³-hybridized carbons (Fsp3) is 0.474. The SMILES string of the molecule is COc1ccc2c(Br)cc3c(c2c1)CC[C@]1(C)C[C@@H](O)C[C@@H]31. The maximum absolute atomic E-state index is 10.2. The van der Waals surface area contributed by atoms with E-state index in [4.69, 9.17) is 4.74 Å². The number of fused-ring (bicyclic) bond motifs is 5. The number of aryl methyl sites for hydroxylation is 1. The van der Waals surface area contributed by atoms with Crippen molar-refractivity contribution in [3.8, 4) is 5.75 Å². The van der Waals surface area contributed by atoms with Crippen LogP contribution in [0, 0.1) is 5.41 Å². The molecule has 116 valence electrons. The summed E-state index contributed by atoms with van der Waals surface area (Å²) in [6.07, 6.45) is 3.93. The number of aliphatic hydroxyl groups excluding tert-OH is 1. The van der Waals surface area contributed by atoms with Crippen molar-refractivity contribution in [2.75, 3.05) is 7.11 Å². The lowest BCUT2D eigenvalue weighted by atomic mass is 9.66. The Hall–Kier alpha value is -1.06. The van der Waals surface area contributed by atoms with E-state index in [0.717, 1.165) is 35.9 Å². The van der Waals surface area contributed by atoms with E-state index in [1.807, 2.05) is 6.07 Å². The van der Waals surface area contributed by atoms with Gasteiger partial charge in [0.15, 0.2) is 0 Å². The van der Waals surface area contributed by atoms with Gasteiger partial charge in [0.25, 0.3) is 0 Å². The Morgan fingerprint density at radius 3 is 2.86 bits per heavy atom. The standard InChI is InChI=1S/C19H21BrO2/c1-19-6-5-13-15-8-12(22-2)3-4-14(15)18(20)9-16(13)17(19)7-11(21)10-19/h3-4,8-9,11,17,21H,5-7,10H2,1-2H3/t11-,17-,19+/m0/s1. The smallest absolute Gasteiger partial charge is 0.119 e. The van der Waals surface area contributed by atoms with Crippen LogP contribution in [-0.4, -0.2) is 18.3 Å². The quantitative estimate of drug-likeness (QED) is 0.791. The van der Waals surface area contributed by atoms with Crippen LogP contribution >= 0.6 is 15.9 Å². The summed E-state index contributed by atoms with van der Waals surface area (Å²) in [4.78, 5) is 0. The van der Waals surface area contributed by atoms with Gasteiger partial charge in [-0.3, -0.25) is 0 Å². The van der Waals surface area contributed by atoms with Crippen LogP contribution in [0.3, 0.4) is 0 Å². The molecule has 0 bridgehead atoms. The fourth-order valence-electron chi connectivity index (χ4n) is 4.66. The van der Waals surface area contributed by atoms with Gasteiger partial charge < -0.3 is 9.84 Å². The lowest BCUT2D eigenvalue weighted by Gasteiger charge is -2.38. The molecule has 3 heteroatoms. The Morgan fingerprint density at radius 2 is 2.09 bits per heavy atom. The third-order valence-corrected chi connectivity index (χ3v) is 6.47. The maximum Gasteiger partial charge on any atom is 0.119 e. The minimum atomic E-state index is -0.152. The number of halogens is 1. The minimum Gasteiger partial charge on any atom is -0.497 e. The lowest BCUT2D eigenvalue weighted by molar-refractivity contribution is 0.159. The minimum absolute atomic E-state index is 0.152. The van der Waals surface area contributed by atoms with Crippen molar-refractivity contribution in [1.29, 1.82) is 0 Å². The molecule has 0 saturated heterocycles. The molecule has 4 rings (SSSR count). The molecule has 2 aliphatic rings. The largest absolute Gasteiger partial charge is 0.497 e. The fourth-order valence-corrected chi connectivity index (χ4v) is 5.26. The van der Waals surface area contributed by atoms with Crippen LogP contribution in [0.2, 0.25) is 0 Å². The van der Waals surface area contributed by atoms with Gasteiger partial charge >= 0.3 is 0 Å². The molecule has 2 nitrogen and oxygen atoms in total. The van der Waals surface area contributed by atoms with Gasteiger partial charge in [-0.25, -0.2) is 0 Å². The molecule has 2 aromatic carbocycles. The molecule has 0 unspecified atom stereocenters. The number of methoxy groups -OCH3 is 1. The van der Waals surface area contributed by atoms with Crippen LogP contribution in [-0.2, 0) is 6.42 Å². The maximum atomic E-state index is 10.2. The number of hydrogen-bond acceptors (Lipinski definition) is 2. The molecule has 0 amide bonds. The van der Waals surface area contributed by atoms with Gasteiger partial charge in [0.05, 0.1) is 13.2 Å². The highest BCUT2D eigenvalue weighted by molar-refractivity contribution is 9.10. The zero-order valence-corrected chi connectivity index (χ0v) is 14.6. The van der Waals surface area contributed by atoms with E-state index < -0.39 is 0 Å². The van der Waals surface area contributed by atoms with Gasteiger partial charge in [0, 0.05) is 4.47 Å². The molecule has 2 aromatic rings. The predicted octanol–water partition coefficient (Wildman–Crippen LogP) is 4.80. The normalized spacial score (nSPS) is 30.2. The molecule has 3 atom stereocenters. The topological polar surface area (TPSA) is 29.5 Å². The van der Waals surface area contributed by atoms with E-state index in [1.54, 1.807) is 7.11 Å². The van der Waals surface area contributed by atoms with E-state index in [2.05, 4.69) is 41.1 Å². The molecule has 22 heavy (non-hydrogen) atoms. The molecule has 0 aliphatic heterocycles. The molecule has 0 heterocycles. The van der Waals surface area contributed by atoms with Gasteiger partial charge in [-0.2, -0.15) is 0 Å². The van der Waals surface area contributed by atoms with Crippen LogP contribution in [0.15, 0.2) is 28.7 Å². The number of rotatable bonds is 1. The van der Waals surface area contributed by atoms with Crippen LogP contribution in [0.5, 0.6) is 5.75 Å². The first-order chi connectivity index (χ1) is 10.5. The highest BCUT2D eigenvalue weighted by atomic mass is 79.9. The summed E-state index contributed by atoms with van der Waals surface area (Å²) in [5.74, 6) is 1.38. The summed E-state index contributed by atoms with van der Waals surface area (Å²) in [6, 6.07) is 8.61. The Kier molecular flexibility index (Phi) is 3.28. The predicted molar refractivity (Wildman–Crippen MR) is 92.6 cm³/mol. The van der Waals surface area contributed by atoms with Crippen LogP contribution in [0.25, 0.3) is 10.8 Å². The summed E-state index contributed by atoms with van der Waals surface area (Å²) < 4.78 is 6.57. The van der Waals surface area contributed by atoms with Gasteiger partial charge in [-0.1, -0.05) is 22.9 Å². The summed E-state index contributed by atoms with van der Waals surface area (Å²) in [7, 11) is 1.72. The van der Waals surface area contributed by atoms with Gasteiger partial charge in [0.1, 0.15) is 5.75 Å². The molecule has 1 saturated carbocycles. The van der Waals surface area contributed by atoms with Crippen molar-refractivity contribution < 1.29 is 9.84 Å². The second-order valence-electron chi connectivity index (χ2n) is 7.14. The molecule has 2 aliphatic carbocycles. The molecule has 1 fully saturated rings. The first-order valence-electron chi connectivity index (χ1n) is 7.99. The summed E-state index contributed by atoms with van der Waals surface area (Å²) in [5, 5.41) is 12.7. The zero-order chi connectivity index (χ0) is 15.5. The van der Waals surface area contributed by atoms with Gasteiger partial charge in [-0.05, 0) is 83.2 Å². The highest BCUT2D eigenvalue weighted by Gasteiger charge is 2.47. The van der Waals surface area contributed by atoms with Crippen molar-refractivity contribution in [1.82, 2.24) is 0 Å². The summed E-state index contributed by atoms with van der Waals surface area (Å²) in [5.41, 5.74) is 3.13. The van der Waals surface area contributed by atoms with E-state index in [1.165, 1.54) is 21.9 Å². The van der Waals surface area contributed by atoms with Crippen molar-refractivity contribution in [2.45, 2.75) is 44.6 Å². The average Bonchev–Trinajstić information content (AvgIpc) is 2.81. The monoisotopic (exact) mass is 360 g/mol. The van der Waals surface area contributed by atoms with Crippen LogP contribution < -0.4 is 4.74 Å². The molecule has 0 spiro atoms. The van der Waals surface area contributed by atoms with Crippen molar-refractivity contribution in [3.63, 3.8) is 0 Å². The molecule has 0 radical (unpaired) electrons. The van der Waals surface area contributed by atoms with E-state index >= 15 is 0 Å². The molecule has 1 N–H and O–H groups in total. The van der Waals surface area contributed by atoms with Gasteiger partial charge in [-0.15, -0.1) is 0 Å². The van der Waals surface area contributed by atoms with E-state index in [-0.39, 0.29) is 11.5 Å². The number of hydrogen-bond donors (Lipinski definition) is 1. The first kappa shape index (κ1) is 14.5. The van der Waals surface area contributed by atoms with Crippen LogP contribution in [0.4, 0.5) is 0 Å². The first-order valence-corrected chi connectivity index (χ1v) is 8.78. The van der Waals surface area contributed by atoms with E-state index in [9.17, 15) is 5.11 Å². The highest BCUT2D eigenvalue weighted by Crippen LogP contribution is 2.57. The second kappa shape index (κ2) is 4.97. The third-order valence-electron chi connectivity index (χ3n) is 5.81. The zero-order valence-electron chi connectivity index (χ0n) is 13.0. The average molecular weight is 361 g/mol. The lowest BCUT2D eigenvalue weighted by Crippen LogP contribution is -2.26. The molecular formula is C19H21BrO2. The Bertz CT molecular complexity index is 755. The van der Waals surface area contributed by atoms with Crippen molar-refractivity contribution >= 4 is 26.7 Å². The molecule has 0 aromatic heterocycles. The molecular weight excluding hydrogens is 340 g/mol. The number of benzene rings is 2. The second-order valence-corrected chi connectivity index (χ2v) is 7.99. The Morgan fingerprint density at radius 1 is 1.27 bits per heavy atom. The van der Waals surface area contributed by atoms with Crippen molar-refractivity contribution in [3.05, 3.63) is 39.9 Å². The number of aliphatic hydroxyl groups is 1. The third kappa shape index (κ3) is 2.02. The number of ether oxygens (including phenoxy) is 1. The summed E-state index contributed by atoms with van der Waals surface area (Å²) in [6.45, 7) is 2.35. The summed E-state index contributed by atoms with van der Waals surface area (Å²) >= 11 is 3.75. The Labute approximate surface area is 139 Å². The van der Waals surface area contributed by atoms with Crippen LogP contribution in [0.1, 0.15) is 43.2 Å². The Balaban J connectivity index is 1.96. The van der Waals surface area contributed by atoms with E-state index in [0.29, 0.717) is 5.92 Å².